The number of carboxylic acid groups (broad SMARTS) is 1. The molecule has 1 aliphatic heterocycles. The summed E-state index contributed by atoms with van der Waals surface area (Å²) in [6, 6.07) is 0. The SMILES string of the molecule is CC(CN)C(=O)N1CCOC(C(=O)O)C1. The van der Waals surface area contributed by atoms with Crippen molar-refractivity contribution in [1.82, 2.24) is 4.90 Å². The predicted molar refractivity (Wildman–Crippen MR) is 52.2 cm³/mol. The first-order valence-electron chi connectivity index (χ1n) is 4.89. The van der Waals surface area contributed by atoms with E-state index in [-0.39, 0.29) is 31.5 Å². The number of nitrogens with zero attached hydrogens (tertiary/aromatic N) is 1. The molecule has 6 nitrogen and oxygen atoms in total. The van der Waals surface area contributed by atoms with Gasteiger partial charge in [0, 0.05) is 19.0 Å². The first-order valence-corrected chi connectivity index (χ1v) is 4.89. The smallest absolute Gasteiger partial charge is 0.334 e. The van der Waals surface area contributed by atoms with Crippen LogP contribution >= 0.6 is 0 Å². The van der Waals surface area contributed by atoms with Crippen LogP contribution in [0.1, 0.15) is 6.92 Å². The number of amides is 1. The van der Waals surface area contributed by atoms with Gasteiger partial charge in [0.15, 0.2) is 6.10 Å². The lowest BCUT2D eigenvalue weighted by Crippen LogP contribution is -2.50. The Balaban J connectivity index is 2.56. The van der Waals surface area contributed by atoms with Crippen LogP contribution in [0.2, 0.25) is 0 Å². The molecule has 0 aromatic rings. The molecule has 3 N–H and O–H groups in total. The Hall–Kier alpha value is -1.14. The molecule has 1 saturated heterocycles. The second-order valence-electron chi connectivity index (χ2n) is 3.62. The lowest BCUT2D eigenvalue weighted by atomic mass is 10.1. The van der Waals surface area contributed by atoms with Crippen molar-refractivity contribution in [3.63, 3.8) is 0 Å². The van der Waals surface area contributed by atoms with Gasteiger partial charge in [0.1, 0.15) is 0 Å². The fourth-order valence-corrected chi connectivity index (χ4v) is 1.41. The molecule has 1 aliphatic rings. The van der Waals surface area contributed by atoms with E-state index in [1.54, 1.807) is 6.92 Å². The lowest BCUT2D eigenvalue weighted by Gasteiger charge is -2.32. The molecule has 1 heterocycles. The van der Waals surface area contributed by atoms with Gasteiger partial charge in [-0.3, -0.25) is 4.79 Å². The van der Waals surface area contributed by atoms with Crippen LogP contribution in [0, 0.1) is 5.92 Å². The maximum Gasteiger partial charge on any atom is 0.334 e. The number of ether oxygens (including phenoxy) is 1. The van der Waals surface area contributed by atoms with Gasteiger partial charge in [-0.25, -0.2) is 4.79 Å². The third kappa shape index (κ3) is 2.90. The predicted octanol–water partition coefficient (Wildman–Crippen LogP) is -1.11. The lowest BCUT2D eigenvalue weighted by molar-refractivity contribution is -0.160. The van der Waals surface area contributed by atoms with Crippen molar-refractivity contribution in [1.29, 1.82) is 0 Å². The Morgan fingerprint density at radius 2 is 2.33 bits per heavy atom. The fraction of sp³-hybridized carbons (Fsp3) is 0.778. The molecule has 0 aromatic heterocycles. The van der Waals surface area contributed by atoms with E-state index < -0.39 is 12.1 Å². The van der Waals surface area contributed by atoms with E-state index >= 15 is 0 Å². The van der Waals surface area contributed by atoms with Gasteiger partial charge in [-0.15, -0.1) is 0 Å². The monoisotopic (exact) mass is 216 g/mol. The van der Waals surface area contributed by atoms with E-state index in [0.717, 1.165) is 0 Å². The summed E-state index contributed by atoms with van der Waals surface area (Å²) in [5.41, 5.74) is 5.38. The van der Waals surface area contributed by atoms with Crippen LogP contribution in [0.25, 0.3) is 0 Å². The Bertz CT molecular complexity index is 256. The molecule has 0 spiro atoms. The molecule has 1 amide bonds. The average Bonchev–Trinajstić information content (AvgIpc) is 2.27. The summed E-state index contributed by atoms with van der Waals surface area (Å²) in [6.07, 6.45) is -0.910. The molecule has 0 bridgehead atoms. The number of aliphatic carboxylic acids is 1. The highest BCUT2D eigenvalue weighted by Gasteiger charge is 2.30. The summed E-state index contributed by atoms with van der Waals surface area (Å²) in [6.45, 7) is 2.81. The first kappa shape index (κ1) is 11.9. The zero-order chi connectivity index (χ0) is 11.4. The van der Waals surface area contributed by atoms with Crippen LogP contribution in [0.4, 0.5) is 0 Å². The molecule has 6 heteroatoms. The third-order valence-corrected chi connectivity index (χ3v) is 2.43. The van der Waals surface area contributed by atoms with E-state index in [0.29, 0.717) is 6.54 Å². The number of morpholine rings is 1. The highest BCUT2D eigenvalue weighted by Crippen LogP contribution is 2.09. The van der Waals surface area contributed by atoms with Crippen molar-refractivity contribution in [3.05, 3.63) is 0 Å². The number of nitrogens with two attached hydrogens (primary N) is 1. The number of rotatable bonds is 3. The van der Waals surface area contributed by atoms with E-state index in [1.165, 1.54) is 4.90 Å². The molecule has 1 rings (SSSR count). The zero-order valence-corrected chi connectivity index (χ0v) is 8.68. The average molecular weight is 216 g/mol. The molecule has 0 radical (unpaired) electrons. The molecule has 2 unspecified atom stereocenters. The summed E-state index contributed by atoms with van der Waals surface area (Å²) < 4.78 is 5.01. The van der Waals surface area contributed by atoms with Gasteiger partial charge in [-0.05, 0) is 0 Å². The maximum absolute atomic E-state index is 11.7. The van der Waals surface area contributed by atoms with Gasteiger partial charge < -0.3 is 20.5 Å². The number of carbonyl (C=O) groups is 2. The molecule has 0 aliphatic carbocycles. The van der Waals surface area contributed by atoms with Crippen LogP contribution in [0.3, 0.4) is 0 Å². The number of carbonyl (C=O) groups excluding carboxylic acids is 1. The topological polar surface area (TPSA) is 92.9 Å². The second-order valence-corrected chi connectivity index (χ2v) is 3.62. The molecule has 2 atom stereocenters. The Labute approximate surface area is 88.0 Å². The Kier molecular flexibility index (Phi) is 4.05. The second kappa shape index (κ2) is 5.09. The van der Waals surface area contributed by atoms with Crippen LogP contribution in [0.15, 0.2) is 0 Å². The highest BCUT2D eigenvalue weighted by molar-refractivity contribution is 5.80. The van der Waals surface area contributed by atoms with E-state index in [9.17, 15) is 9.59 Å². The normalized spacial score (nSPS) is 23.6. The quantitative estimate of drug-likeness (QED) is 0.624. The molecular weight excluding hydrogens is 200 g/mol. The largest absolute Gasteiger partial charge is 0.479 e. The summed E-state index contributed by atoms with van der Waals surface area (Å²) in [7, 11) is 0. The van der Waals surface area contributed by atoms with Gasteiger partial charge in [0.2, 0.25) is 5.91 Å². The van der Waals surface area contributed by atoms with Crippen LogP contribution in [0.5, 0.6) is 0 Å². The van der Waals surface area contributed by atoms with Gasteiger partial charge in [0.25, 0.3) is 0 Å². The molecule has 0 saturated carbocycles. The maximum atomic E-state index is 11.7. The van der Waals surface area contributed by atoms with E-state index in [1.807, 2.05) is 0 Å². The summed E-state index contributed by atoms with van der Waals surface area (Å²) in [5.74, 6) is -1.41. The molecule has 1 fully saturated rings. The van der Waals surface area contributed by atoms with Crippen molar-refractivity contribution >= 4 is 11.9 Å². The van der Waals surface area contributed by atoms with Crippen LogP contribution in [-0.2, 0) is 14.3 Å². The molecule has 0 aromatic carbocycles. The van der Waals surface area contributed by atoms with Crippen molar-refractivity contribution < 1.29 is 19.4 Å². The number of hydrogen-bond donors (Lipinski definition) is 2. The van der Waals surface area contributed by atoms with Crippen molar-refractivity contribution in [3.8, 4) is 0 Å². The standard InChI is InChI=1S/C9H16N2O4/c1-6(4-10)8(12)11-2-3-15-7(5-11)9(13)14/h6-7H,2-5,10H2,1H3,(H,13,14). The van der Waals surface area contributed by atoms with Crippen molar-refractivity contribution in [2.45, 2.75) is 13.0 Å². The minimum Gasteiger partial charge on any atom is -0.479 e. The molecule has 15 heavy (non-hydrogen) atoms. The van der Waals surface area contributed by atoms with Crippen LogP contribution in [-0.4, -0.2) is 54.2 Å². The first-order chi connectivity index (χ1) is 7.06. The van der Waals surface area contributed by atoms with Gasteiger partial charge in [-0.2, -0.15) is 0 Å². The zero-order valence-electron chi connectivity index (χ0n) is 8.68. The van der Waals surface area contributed by atoms with Gasteiger partial charge >= 0.3 is 5.97 Å². The van der Waals surface area contributed by atoms with Gasteiger partial charge in [0.05, 0.1) is 13.2 Å². The number of carboxylic acids is 1. The Morgan fingerprint density at radius 3 is 2.87 bits per heavy atom. The van der Waals surface area contributed by atoms with E-state index in [4.69, 9.17) is 15.6 Å². The number of hydrogen-bond acceptors (Lipinski definition) is 4. The van der Waals surface area contributed by atoms with Crippen molar-refractivity contribution in [2.24, 2.45) is 11.7 Å². The highest BCUT2D eigenvalue weighted by atomic mass is 16.5. The van der Waals surface area contributed by atoms with Crippen LogP contribution < -0.4 is 5.73 Å². The minimum absolute atomic E-state index is 0.105. The van der Waals surface area contributed by atoms with E-state index in [2.05, 4.69) is 0 Å². The molecular formula is C9H16N2O4. The summed E-state index contributed by atoms with van der Waals surface area (Å²) in [4.78, 5) is 23.9. The molecule has 86 valence electrons. The summed E-state index contributed by atoms with van der Waals surface area (Å²) >= 11 is 0. The minimum atomic E-state index is -1.03. The fourth-order valence-electron chi connectivity index (χ4n) is 1.41. The third-order valence-electron chi connectivity index (χ3n) is 2.43. The Morgan fingerprint density at radius 1 is 1.67 bits per heavy atom. The van der Waals surface area contributed by atoms with Crippen molar-refractivity contribution in [2.75, 3.05) is 26.2 Å². The summed E-state index contributed by atoms with van der Waals surface area (Å²) in [5, 5.41) is 8.75. The van der Waals surface area contributed by atoms with Gasteiger partial charge in [-0.1, -0.05) is 6.92 Å².